The maximum atomic E-state index is 14.2. The second-order valence-electron chi connectivity index (χ2n) is 5.36. The Kier molecular flexibility index (Phi) is 4.02. The van der Waals surface area contributed by atoms with Crippen molar-refractivity contribution in [2.24, 2.45) is 7.05 Å². The number of hydrogen-bond donors (Lipinski definition) is 0. The molecule has 0 saturated carbocycles. The molecule has 0 aliphatic carbocycles. The van der Waals surface area contributed by atoms with Crippen LogP contribution in [0.15, 0.2) is 24.3 Å². The molecule has 0 spiro atoms. The van der Waals surface area contributed by atoms with Gasteiger partial charge in [0.15, 0.2) is 23.3 Å². The first-order chi connectivity index (χ1) is 12.2. The van der Waals surface area contributed by atoms with E-state index in [1.165, 1.54) is 31.3 Å². The summed E-state index contributed by atoms with van der Waals surface area (Å²) in [6.07, 6.45) is 0. The molecule has 0 aliphatic heterocycles. The first-order valence-electron chi connectivity index (χ1n) is 7.03. The molecule has 0 aliphatic rings. The van der Waals surface area contributed by atoms with Crippen LogP contribution in [0.1, 0.15) is 10.4 Å². The second-order valence-corrected chi connectivity index (χ2v) is 5.36. The van der Waals surface area contributed by atoms with E-state index < -0.39 is 57.7 Å². The van der Waals surface area contributed by atoms with E-state index in [2.05, 4.69) is 0 Å². The minimum atomic E-state index is -2.37. The Morgan fingerprint density at radius 3 is 1.92 bits per heavy atom. The summed E-state index contributed by atoms with van der Waals surface area (Å²) in [6, 6.07) is 5.56. The number of aliphatic carboxylic acids is 1. The number of nitrogens with zero attached hydrogens (tertiary/aromatic N) is 1. The number of carbonyl (C=O) groups excluding carboxylic acids is 2. The van der Waals surface area contributed by atoms with Gasteiger partial charge in [0.2, 0.25) is 11.6 Å². The number of fused-ring (bicyclic) bond motifs is 1. The summed E-state index contributed by atoms with van der Waals surface area (Å²) < 4.78 is 69.9. The zero-order chi connectivity index (χ0) is 19.3. The number of ketones is 1. The minimum Gasteiger partial charge on any atom is -0.541 e. The number of benzene rings is 2. The average Bonchev–Trinajstić information content (AvgIpc) is 2.91. The topological polar surface area (TPSA) is 62.1 Å². The fourth-order valence-corrected chi connectivity index (χ4v) is 2.83. The molecule has 1 heterocycles. The highest BCUT2D eigenvalue weighted by Gasteiger charge is 2.32. The largest absolute Gasteiger partial charge is 0.541 e. The summed E-state index contributed by atoms with van der Waals surface area (Å²) in [7, 11) is 1.20. The van der Waals surface area contributed by atoms with Gasteiger partial charge < -0.3 is 14.5 Å². The number of carboxylic acid groups (broad SMARTS) is 1. The molecule has 0 atom stereocenters. The number of aromatic nitrogens is 1. The number of hydrogen-bond acceptors (Lipinski definition) is 3. The normalized spacial score (nSPS) is 11.2. The summed E-state index contributed by atoms with van der Waals surface area (Å²) >= 11 is 0. The van der Waals surface area contributed by atoms with Crippen molar-refractivity contribution in [3.63, 3.8) is 0 Å². The van der Waals surface area contributed by atoms with Crippen molar-refractivity contribution in [3.8, 4) is 11.3 Å². The van der Waals surface area contributed by atoms with Gasteiger partial charge in [-0.3, -0.25) is 4.79 Å². The van der Waals surface area contributed by atoms with Gasteiger partial charge in [-0.05, 0) is 6.07 Å². The van der Waals surface area contributed by atoms with Crippen molar-refractivity contribution >= 4 is 22.7 Å². The SMILES string of the molecule is Cn1c(-c2c(F)c(F)c(F)c(F)c2F)c(C(=O)C(=O)[O-])c2ccccc21. The molecule has 3 aromatic rings. The van der Waals surface area contributed by atoms with Crippen LogP contribution in [0.25, 0.3) is 22.2 Å². The Morgan fingerprint density at radius 1 is 0.885 bits per heavy atom. The molecule has 0 radical (unpaired) electrons. The highest BCUT2D eigenvalue weighted by Crippen LogP contribution is 2.38. The number of para-hydroxylation sites is 1. The fourth-order valence-electron chi connectivity index (χ4n) is 2.83. The van der Waals surface area contributed by atoms with E-state index in [1.54, 1.807) is 0 Å². The van der Waals surface area contributed by atoms with Gasteiger partial charge in [0.1, 0.15) is 5.97 Å². The molecule has 4 nitrogen and oxygen atoms in total. The third kappa shape index (κ3) is 2.27. The third-order valence-electron chi connectivity index (χ3n) is 3.97. The maximum absolute atomic E-state index is 14.2. The molecule has 0 unspecified atom stereocenters. The molecule has 1 aromatic heterocycles. The van der Waals surface area contributed by atoms with E-state index in [0.717, 1.165) is 4.57 Å². The lowest BCUT2D eigenvalue weighted by Gasteiger charge is -2.12. The van der Waals surface area contributed by atoms with Crippen molar-refractivity contribution in [2.45, 2.75) is 0 Å². The lowest BCUT2D eigenvalue weighted by molar-refractivity contribution is -0.296. The number of Topliss-reactive ketones (excluding diaryl/α,β-unsaturated/α-hetero) is 1. The van der Waals surface area contributed by atoms with E-state index in [-0.39, 0.29) is 10.9 Å². The Morgan fingerprint density at radius 2 is 1.38 bits per heavy atom. The molecule has 2 aromatic carbocycles. The van der Waals surface area contributed by atoms with Crippen LogP contribution in [-0.4, -0.2) is 16.3 Å². The van der Waals surface area contributed by atoms with Gasteiger partial charge in [0, 0.05) is 18.0 Å². The van der Waals surface area contributed by atoms with Crippen LogP contribution in [0.3, 0.4) is 0 Å². The Labute approximate surface area is 142 Å². The molecule has 0 amide bonds. The third-order valence-corrected chi connectivity index (χ3v) is 3.97. The van der Waals surface area contributed by atoms with Crippen molar-refractivity contribution in [1.29, 1.82) is 0 Å². The van der Waals surface area contributed by atoms with Crippen molar-refractivity contribution in [1.82, 2.24) is 4.57 Å². The zero-order valence-corrected chi connectivity index (χ0v) is 12.9. The molecular formula is C17H7F5NO3-. The number of rotatable bonds is 3. The highest BCUT2D eigenvalue weighted by molar-refractivity contribution is 6.43. The van der Waals surface area contributed by atoms with Crippen LogP contribution in [0.4, 0.5) is 22.0 Å². The summed E-state index contributed by atoms with van der Waals surface area (Å²) in [6.45, 7) is 0. The van der Waals surface area contributed by atoms with Crippen LogP contribution >= 0.6 is 0 Å². The monoisotopic (exact) mass is 368 g/mol. The Bertz CT molecular complexity index is 1070. The van der Waals surface area contributed by atoms with E-state index in [1.807, 2.05) is 0 Å². The molecule has 3 rings (SSSR count). The number of carbonyl (C=O) groups is 2. The number of halogens is 5. The summed E-state index contributed by atoms with van der Waals surface area (Å²) in [4.78, 5) is 23.1. The molecule has 0 bridgehead atoms. The second kappa shape index (κ2) is 5.94. The molecule has 9 heteroatoms. The van der Waals surface area contributed by atoms with Crippen LogP contribution in [0, 0.1) is 29.1 Å². The van der Waals surface area contributed by atoms with Gasteiger partial charge in [-0.15, -0.1) is 0 Å². The number of aryl methyl sites for hydroxylation is 1. The molecule has 0 fully saturated rings. The van der Waals surface area contributed by atoms with Gasteiger partial charge in [-0.1, -0.05) is 18.2 Å². The van der Waals surface area contributed by atoms with Gasteiger partial charge in [-0.25, -0.2) is 22.0 Å². The Hall–Kier alpha value is -3.23. The smallest absolute Gasteiger partial charge is 0.211 e. The highest BCUT2D eigenvalue weighted by atomic mass is 19.2. The zero-order valence-electron chi connectivity index (χ0n) is 12.9. The molecular weight excluding hydrogens is 361 g/mol. The predicted molar refractivity (Wildman–Crippen MR) is 77.5 cm³/mol. The first kappa shape index (κ1) is 17.6. The minimum absolute atomic E-state index is 0.0388. The summed E-state index contributed by atoms with van der Waals surface area (Å²) in [5, 5.41) is 11.0. The first-order valence-corrected chi connectivity index (χ1v) is 7.03. The van der Waals surface area contributed by atoms with E-state index in [9.17, 15) is 36.6 Å². The summed E-state index contributed by atoms with van der Waals surface area (Å²) in [5.41, 5.74) is -2.74. The van der Waals surface area contributed by atoms with Crippen molar-refractivity contribution in [2.75, 3.05) is 0 Å². The van der Waals surface area contributed by atoms with Crippen molar-refractivity contribution in [3.05, 3.63) is 58.9 Å². The Balaban J connectivity index is 2.56. The van der Waals surface area contributed by atoms with Crippen molar-refractivity contribution < 1.29 is 36.6 Å². The summed E-state index contributed by atoms with van der Waals surface area (Å²) in [5.74, 6) is -15.0. The van der Waals surface area contributed by atoms with Gasteiger partial charge >= 0.3 is 0 Å². The van der Waals surface area contributed by atoms with Gasteiger partial charge in [0.05, 0.1) is 16.8 Å². The predicted octanol–water partition coefficient (Wildman–Crippen LogP) is 2.47. The van der Waals surface area contributed by atoms with Gasteiger partial charge in [-0.2, -0.15) is 0 Å². The van der Waals surface area contributed by atoms with Crippen LogP contribution in [0.2, 0.25) is 0 Å². The quantitative estimate of drug-likeness (QED) is 0.235. The molecule has 134 valence electrons. The molecule has 0 N–H and O–H groups in total. The molecule has 0 saturated heterocycles. The van der Waals surface area contributed by atoms with E-state index in [0.29, 0.717) is 0 Å². The number of carboxylic acids is 1. The van der Waals surface area contributed by atoms with Gasteiger partial charge in [0.25, 0.3) is 0 Å². The van der Waals surface area contributed by atoms with Crippen LogP contribution in [0.5, 0.6) is 0 Å². The fraction of sp³-hybridized carbons (Fsp3) is 0.0588. The lowest BCUT2D eigenvalue weighted by Crippen LogP contribution is -2.32. The lowest BCUT2D eigenvalue weighted by atomic mass is 10.00. The molecule has 26 heavy (non-hydrogen) atoms. The maximum Gasteiger partial charge on any atom is 0.211 e. The average molecular weight is 368 g/mol. The van der Waals surface area contributed by atoms with Crippen LogP contribution < -0.4 is 5.11 Å². The van der Waals surface area contributed by atoms with Crippen LogP contribution in [-0.2, 0) is 11.8 Å². The standard InChI is InChI=1S/C17H8F5NO3/c1-23-7-5-3-2-4-6(7)8(16(24)17(25)26)15(23)9-10(18)12(20)14(22)13(21)11(9)19/h2-5H,1H3,(H,25,26)/p-1. The van der Waals surface area contributed by atoms with E-state index in [4.69, 9.17) is 0 Å². The van der Waals surface area contributed by atoms with E-state index >= 15 is 0 Å².